The summed E-state index contributed by atoms with van der Waals surface area (Å²) in [4.78, 5) is 26.4. The number of hydrogen-bond donors (Lipinski definition) is 4. The van der Waals surface area contributed by atoms with Crippen LogP contribution in [0.2, 0.25) is 0 Å². The smallest absolute Gasteiger partial charge is 0.390 e. The van der Waals surface area contributed by atoms with Gasteiger partial charge < -0.3 is 20.2 Å². The van der Waals surface area contributed by atoms with Gasteiger partial charge in [-0.25, -0.2) is 0 Å². The summed E-state index contributed by atoms with van der Waals surface area (Å²) >= 11 is 0. The molecule has 0 aliphatic carbocycles. The van der Waals surface area contributed by atoms with E-state index < -0.39 is 21.7 Å². The zero-order valence-corrected chi connectivity index (χ0v) is 11.1. The molecular formula is C6H4N14O4. The Bertz CT molecular complexity index is 810. The Balaban J connectivity index is 1.65. The van der Waals surface area contributed by atoms with Crippen LogP contribution in [0.5, 0.6) is 0 Å². The number of nitrogens with zero attached hydrogens (tertiary/aromatic N) is 10. The van der Waals surface area contributed by atoms with Gasteiger partial charge in [0.1, 0.15) is 0 Å². The lowest BCUT2D eigenvalue weighted by Crippen LogP contribution is -2.06. The van der Waals surface area contributed by atoms with Crippen molar-refractivity contribution in [1.82, 2.24) is 50.8 Å². The summed E-state index contributed by atoms with van der Waals surface area (Å²) in [7, 11) is 0. The van der Waals surface area contributed by atoms with Crippen molar-refractivity contribution in [1.29, 1.82) is 0 Å². The van der Waals surface area contributed by atoms with E-state index in [1.807, 2.05) is 0 Å². The molecule has 0 fully saturated rings. The lowest BCUT2D eigenvalue weighted by Gasteiger charge is -1.97. The molecule has 3 rings (SSSR count). The van der Waals surface area contributed by atoms with Crippen LogP contribution < -0.4 is 10.6 Å². The van der Waals surface area contributed by atoms with Gasteiger partial charge in [-0.2, -0.15) is 0 Å². The summed E-state index contributed by atoms with van der Waals surface area (Å²) in [5.41, 5.74) is 0. The molecule has 0 saturated carbocycles. The van der Waals surface area contributed by atoms with Crippen molar-refractivity contribution in [2.75, 3.05) is 10.6 Å². The van der Waals surface area contributed by atoms with Crippen LogP contribution in [0.25, 0.3) is 0 Å². The fourth-order valence-electron chi connectivity index (χ4n) is 1.31. The first-order chi connectivity index (χ1) is 11.5. The summed E-state index contributed by atoms with van der Waals surface area (Å²) in [5.74, 6) is -1.73. The van der Waals surface area contributed by atoms with Crippen LogP contribution in [0.3, 0.4) is 0 Å². The van der Waals surface area contributed by atoms with E-state index in [2.05, 4.69) is 61.4 Å². The number of nitrogens with one attached hydrogen (secondary N) is 4. The Morgan fingerprint density at radius 2 is 1.08 bits per heavy atom. The van der Waals surface area contributed by atoms with Crippen molar-refractivity contribution in [3.63, 3.8) is 0 Å². The lowest BCUT2D eigenvalue weighted by atomic mass is 10.8. The molecule has 0 amide bonds. The Morgan fingerprint density at radius 3 is 1.38 bits per heavy atom. The molecule has 3 aromatic rings. The van der Waals surface area contributed by atoms with Crippen molar-refractivity contribution in [2.24, 2.45) is 0 Å². The minimum absolute atomic E-state index is 0.143. The number of rotatable bonds is 6. The summed E-state index contributed by atoms with van der Waals surface area (Å²) in [6.07, 6.45) is 0. The molecule has 0 bridgehead atoms. The predicted octanol–water partition coefficient (Wildman–Crippen LogP) is -1.19. The quantitative estimate of drug-likeness (QED) is 0.305. The van der Waals surface area contributed by atoms with Crippen molar-refractivity contribution in [3.8, 4) is 0 Å². The average molecular weight is 336 g/mol. The van der Waals surface area contributed by atoms with Gasteiger partial charge in [0.15, 0.2) is 0 Å². The maximum Gasteiger partial charge on any atom is 0.455 e. The molecule has 18 heteroatoms. The Kier molecular flexibility index (Phi) is 3.51. The Morgan fingerprint density at radius 1 is 0.708 bits per heavy atom. The van der Waals surface area contributed by atoms with E-state index in [1.54, 1.807) is 0 Å². The van der Waals surface area contributed by atoms with E-state index in [9.17, 15) is 20.2 Å². The SMILES string of the molecule is O=[N+]([O-])c1nc(Nc2nnc(Nc3n[nH]c([N+](=O)[O-])n3)nn2)n[nH]1. The molecule has 0 aliphatic rings. The number of aromatic amines is 2. The molecule has 0 aliphatic heterocycles. The molecular weight excluding hydrogens is 332 g/mol. The maximum absolute atomic E-state index is 10.5. The Hall–Kier alpha value is -4.38. The highest BCUT2D eigenvalue weighted by Crippen LogP contribution is 2.11. The fourth-order valence-corrected chi connectivity index (χ4v) is 1.31. The first kappa shape index (κ1) is 14.6. The molecule has 0 spiro atoms. The van der Waals surface area contributed by atoms with E-state index in [-0.39, 0.29) is 23.8 Å². The maximum atomic E-state index is 10.5. The number of hydrogen-bond acceptors (Lipinski definition) is 14. The van der Waals surface area contributed by atoms with Gasteiger partial charge in [-0.05, 0) is 19.8 Å². The lowest BCUT2D eigenvalue weighted by molar-refractivity contribution is -0.394. The predicted molar refractivity (Wildman–Crippen MR) is 70.3 cm³/mol. The molecule has 3 heterocycles. The summed E-state index contributed by atoms with van der Waals surface area (Å²) in [6, 6.07) is 0. The normalized spacial score (nSPS) is 10.3. The van der Waals surface area contributed by atoms with E-state index in [1.165, 1.54) is 0 Å². The van der Waals surface area contributed by atoms with Gasteiger partial charge >= 0.3 is 23.8 Å². The van der Waals surface area contributed by atoms with Gasteiger partial charge in [0, 0.05) is 0 Å². The summed E-state index contributed by atoms with van der Waals surface area (Å²) in [5, 5.41) is 51.4. The molecule has 24 heavy (non-hydrogen) atoms. The first-order valence-corrected chi connectivity index (χ1v) is 5.76. The molecule has 0 radical (unpaired) electrons. The average Bonchev–Trinajstić information content (AvgIpc) is 3.19. The minimum atomic E-state index is -0.765. The van der Waals surface area contributed by atoms with Crippen molar-refractivity contribution in [3.05, 3.63) is 20.2 Å². The molecule has 4 N–H and O–H groups in total. The summed E-state index contributed by atoms with van der Waals surface area (Å²) in [6.45, 7) is 0. The van der Waals surface area contributed by atoms with Gasteiger partial charge in [-0.1, -0.05) is 10.2 Å². The van der Waals surface area contributed by atoms with E-state index in [4.69, 9.17) is 0 Å². The molecule has 18 nitrogen and oxygen atoms in total. The monoisotopic (exact) mass is 336 g/mol. The number of nitro groups is 2. The van der Waals surface area contributed by atoms with Crippen LogP contribution in [0.1, 0.15) is 0 Å². The highest BCUT2D eigenvalue weighted by atomic mass is 16.6. The van der Waals surface area contributed by atoms with Gasteiger partial charge in [-0.3, -0.25) is 10.6 Å². The van der Waals surface area contributed by atoms with E-state index in [0.29, 0.717) is 0 Å². The molecule has 0 unspecified atom stereocenters. The standard InChI is InChI=1S/C6H4N14O4/c21-19(22)5-9-1(11-17-5)7-3-13-15-4(16-14-3)8-2-10-6(18-12-2)20(23)24/h(H2,7,9,11,13,14,17)(H2,8,10,12,15,16,18). The third-order valence-corrected chi connectivity index (χ3v) is 2.22. The molecule has 3 aromatic heterocycles. The van der Waals surface area contributed by atoms with Crippen molar-refractivity contribution in [2.45, 2.75) is 0 Å². The topological polar surface area (TPSA) is 245 Å². The van der Waals surface area contributed by atoms with Crippen LogP contribution >= 0.6 is 0 Å². The van der Waals surface area contributed by atoms with E-state index in [0.717, 1.165) is 0 Å². The van der Waals surface area contributed by atoms with Gasteiger partial charge in [0.05, 0.1) is 0 Å². The zero-order valence-electron chi connectivity index (χ0n) is 11.1. The highest BCUT2D eigenvalue weighted by Gasteiger charge is 2.17. The largest absolute Gasteiger partial charge is 0.455 e. The number of anilines is 4. The van der Waals surface area contributed by atoms with Gasteiger partial charge in [-0.15, -0.1) is 30.6 Å². The molecule has 0 aromatic carbocycles. The number of H-pyrrole nitrogens is 2. The van der Waals surface area contributed by atoms with Crippen LogP contribution in [-0.4, -0.2) is 60.6 Å². The Labute approximate surface area is 128 Å². The van der Waals surface area contributed by atoms with Gasteiger partial charge in [0.25, 0.3) is 11.9 Å². The number of aromatic nitrogens is 10. The van der Waals surface area contributed by atoms with E-state index >= 15 is 0 Å². The van der Waals surface area contributed by atoms with Crippen molar-refractivity contribution >= 4 is 35.7 Å². The highest BCUT2D eigenvalue weighted by molar-refractivity contribution is 5.44. The molecule has 0 saturated heterocycles. The van der Waals surface area contributed by atoms with Gasteiger partial charge in [0.2, 0.25) is 0 Å². The third kappa shape index (κ3) is 3.10. The van der Waals surface area contributed by atoms with Crippen molar-refractivity contribution < 1.29 is 9.85 Å². The van der Waals surface area contributed by atoms with Crippen LogP contribution in [0.4, 0.5) is 35.7 Å². The van der Waals surface area contributed by atoms with Crippen LogP contribution in [0, 0.1) is 20.2 Å². The minimum Gasteiger partial charge on any atom is -0.390 e. The fraction of sp³-hybridized carbons (Fsp3) is 0. The second-order valence-electron chi connectivity index (χ2n) is 3.78. The summed E-state index contributed by atoms with van der Waals surface area (Å²) < 4.78 is 0. The first-order valence-electron chi connectivity index (χ1n) is 5.76. The second-order valence-corrected chi connectivity index (χ2v) is 3.78. The van der Waals surface area contributed by atoms with Crippen LogP contribution in [-0.2, 0) is 0 Å². The second kappa shape index (κ2) is 5.78. The molecule has 0 atom stereocenters. The molecule has 122 valence electrons. The van der Waals surface area contributed by atoms with Crippen LogP contribution in [0.15, 0.2) is 0 Å². The zero-order chi connectivity index (χ0) is 17.1. The third-order valence-electron chi connectivity index (χ3n) is 2.22.